The molecule has 3 heteroatoms. The topological polar surface area (TPSA) is 39.1 Å². The van der Waals surface area contributed by atoms with Gasteiger partial charge in [0.2, 0.25) is 0 Å². The van der Waals surface area contributed by atoms with Gasteiger partial charge in [-0.2, -0.15) is 5.26 Å². The first-order valence-electron chi connectivity index (χ1n) is 5.24. The molecule has 1 N–H and O–H groups in total. The van der Waals surface area contributed by atoms with E-state index in [9.17, 15) is 5.26 Å². The zero-order valence-corrected chi connectivity index (χ0v) is 9.72. The summed E-state index contributed by atoms with van der Waals surface area (Å²) in [7, 11) is 4.09. The van der Waals surface area contributed by atoms with E-state index in [4.69, 9.17) is 0 Å². The Labute approximate surface area is 87.1 Å². The highest BCUT2D eigenvalue weighted by Gasteiger charge is 2.53. The van der Waals surface area contributed by atoms with E-state index in [1.165, 1.54) is 12.8 Å². The first-order chi connectivity index (χ1) is 6.43. The summed E-state index contributed by atoms with van der Waals surface area (Å²) in [5, 5.41) is 12.6. The van der Waals surface area contributed by atoms with Gasteiger partial charge in [-0.05, 0) is 39.3 Å². The fourth-order valence-corrected chi connectivity index (χ4v) is 1.60. The number of nitriles is 1. The SMILES string of the molecule is CN(C)CCNC(C)(C#N)C1(C)CC1. The van der Waals surface area contributed by atoms with Crippen molar-refractivity contribution in [2.24, 2.45) is 5.41 Å². The van der Waals surface area contributed by atoms with Crippen molar-refractivity contribution in [2.75, 3.05) is 27.2 Å². The molecular formula is C11H21N3. The van der Waals surface area contributed by atoms with Crippen LogP contribution in [0.25, 0.3) is 0 Å². The number of hydrogen-bond acceptors (Lipinski definition) is 3. The van der Waals surface area contributed by atoms with E-state index in [-0.39, 0.29) is 11.0 Å². The van der Waals surface area contributed by atoms with Gasteiger partial charge in [-0.3, -0.25) is 5.32 Å². The zero-order chi connectivity index (χ0) is 10.8. The van der Waals surface area contributed by atoms with E-state index in [1.807, 2.05) is 21.0 Å². The van der Waals surface area contributed by atoms with Gasteiger partial charge in [0.25, 0.3) is 0 Å². The fraction of sp³-hybridized carbons (Fsp3) is 0.909. The summed E-state index contributed by atoms with van der Waals surface area (Å²) in [4.78, 5) is 2.13. The molecule has 1 aliphatic rings. The van der Waals surface area contributed by atoms with Crippen molar-refractivity contribution in [3.05, 3.63) is 0 Å². The van der Waals surface area contributed by atoms with Crippen LogP contribution in [-0.4, -0.2) is 37.6 Å². The first kappa shape index (κ1) is 11.5. The number of rotatable bonds is 5. The Morgan fingerprint density at radius 2 is 2.07 bits per heavy atom. The second-order valence-corrected chi connectivity index (χ2v) is 5.03. The van der Waals surface area contributed by atoms with E-state index >= 15 is 0 Å². The lowest BCUT2D eigenvalue weighted by Gasteiger charge is -2.30. The standard InChI is InChI=1S/C11H21N3/c1-10(5-6-10)11(2,9-12)13-7-8-14(3)4/h13H,5-8H2,1-4H3. The lowest BCUT2D eigenvalue weighted by atomic mass is 9.85. The van der Waals surface area contributed by atoms with Gasteiger partial charge in [0.1, 0.15) is 5.54 Å². The van der Waals surface area contributed by atoms with Crippen LogP contribution in [0.15, 0.2) is 0 Å². The molecule has 1 atom stereocenters. The van der Waals surface area contributed by atoms with Gasteiger partial charge in [0, 0.05) is 13.1 Å². The smallest absolute Gasteiger partial charge is 0.109 e. The number of likely N-dealkylation sites (N-methyl/N-ethyl adjacent to an activating group) is 1. The number of nitrogens with zero attached hydrogens (tertiary/aromatic N) is 2. The van der Waals surface area contributed by atoms with Crippen molar-refractivity contribution in [1.82, 2.24) is 10.2 Å². The lowest BCUT2D eigenvalue weighted by molar-refractivity contribution is 0.279. The van der Waals surface area contributed by atoms with Gasteiger partial charge in [-0.15, -0.1) is 0 Å². The highest BCUT2D eigenvalue weighted by atomic mass is 15.1. The van der Waals surface area contributed by atoms with Crippen LogP contribution < -0.4 is 5.32 Å². The molecule has 0 aromatic heterocycles. The summed E-state index contributed by atoms with van der Waals surface area (Å²) in [5.41, 5.74) is -0.142. The van der Waals surface area contributed by atoms with Gasteiger partial charge in [0.05, 0.1) is 6.07 Å². The molecule has 0 heterocycles. The molecule has 1 rings (SSSR count). The Hall–Kier alpha value is -0.590. The zero-order valence-electron chi connectivity index (χ0n) is 9.72. The summed E-state index contributed by atoms with van der Waals surface area (Å²) < 4.78 is 0. The second-order valence-electron chi connectivity index (χ2n) is 5.03. The van der Waals surface area contributed by atoms with Crippen LogP contribution in [-0.2, 0) is 0 Å². The Morgan fingerprint density at radius 1 is 1.50 bits per heavy atom. The van der Waals surface area contributed by atoms with E-state index in [0.717, 1.165) is 13.1 Å². The monoisotopic (exact) mass is 195 g/mol. The van der Waals surface area contributed by atoms with E-state index in [1.54, 1.807) is 0 Å². The molecule has 1 unspecified atom stereocenters. The minimum Gasteiger partial charge on any atom is -0.308 e. The van der Waals surface area contributed by atoms with Gasteiger partial charge >= 0.3 is 0 Å². The molecule has 80 valence electrons. The molecule has 0 saturated heterocycles. The van der Waals surface area contributed by atoms with E-state index in [0.29, 0.717) is 0 Å². The Balaban J connectivity index is 2.43. The van der Waals surface area contributed by atoms with Gasteiger partial charge in [0.15, 0.2) is 0 Å². The maximum atomic E-state index is 9.20. The van der Waals surface area contributed by atoms with E-state index < -0.39 is 0 Å². The molecule has 0 radical (unpaired) electrons. The van der Waals surface area contributed by atoms with Crippen LogP contribution in [0.1, 0.15) is 26.7 Å². The third kappa shape index (κ3) is 2.26. The number of nitrogens with one attached hydrogen (secondary N) is 1. The average molecular weight is 195 g/mol. The van der Waals surface area contributed by atoms with Crippen LogP contribution >= 0.6 is 0 Å². The Bertz CT molecular complexity index is 237. The highest BCUT2D eigenvalue weighted by molar-refractivity contribution is 5.19. The third-order valence-corrected chi connectivity index (χ3v) is 3.47. The molecule has 0 bridgehead atoms. The molecule has 0 aromatic rings. The predicted octanol–water partition coefficient (Wildman–Crippen LogP) is 1.22. The molecule has 0 aromatic carbocycles. The van der Waals surface area contributed by atoms with Crippen LogP contribution in [0, 0.1) is 16.7 Å². The summed E-state index contributed by atoms with van der Waals surface area (Å²) in [6, 6.07) is 2.42. The first-order valence-corrected chi connectivity index (χ1v) is 5.24. The summed E-state index contributed by atoms with van der Waals surface area (Å²) in [6.07, 6.45) is 2.35. The fourth-order valence-electron chi connectivity index (χ4n) is 1.60. The highest BCUT2D eigenvalue weighted by Crippen LogP contribution is 2.53. The summed E-state index contributed by atoms with van der Waals surface area (Å²) in [6.45, 7) is 6.08. The van der Waals surface area contributed by atoms with Crippen LogP contribution in [0.3, 0.4) is 0 Å². The van der Waals surface area contributed by atoms with Gasteiger partial charge < -0.3 is 4.90 Å². The molecule has 3 nitrogen and oxygen atoms in total. The maximum Gasteiger partial charge on any atom is 0.109 e. The van der Waals surface area contributed by atoms with Crippen molar-refractivity contribution >= 4 is 0 Å². The minimum absolute atomic E-state index is 0.202. The van der Waals surface area contributed by atoms with Crippen LogP contribution in [0.2, 0.25) is 0 Å². The van der Waals surface area contributed by atoms with Gasteiger partial charge in [-0.1, -0.05) is 6.92 Å². The largest absolute Gasteiger partial charge is 0.308 e. The minimum atomic E-state index is -0.344. The molecule has 1 saturated carbocycles. The van der Waals surface area contributed by atoms with Crippen molar-refractivity contribution < 1.29 is 0 Å². The van der Waals surface area contributed by atoms with Gasteiger partial charge in [-0.25, -0.2) is 0 Å². The summed E-state index contributed by atoms with van der Waals surface area (Å²) in [5.74, 6) is 0. The molecule has 14 heavy (non-hydrogen) atoms. The molecule has 1 fully saturated rings. The van der Waals surface area contributed by atoms with E-state index in [2.05, 4.69) is 23.2 Å². The molecular weight excluding hydrogens is 174 g/mol. The average Bonchev–Trinajstić information content (AvgIpc) is 2.84. The molecule has 0 spiro atoms. The third-order valence-electron chi connectivity index (χ3n) is 3.47. The second kappa shape index (κ2) is 3.88. The number of hydrogen-bond donors (Lipinski definition) is 1. The molecule has 1 aliphatic carbocycles. The lowest BCUT2D eigenvalue weighted by Crippen LogP contribution is -2.49. The maximum absolute atomic E-state index is 9.20. The summed E-state index contributed by atoms with van der Waals surface area (Å²) >= 11 is 0. The van der Waals surface area contributed by atoms with Crippen molar-refractivity contribution in [3.63, 3.8) is 0 Å². The predicted molar refractivity (Wildman–Crippen MR) is 57.9 cm³/mol. The molecule has 0 amide bonds. The van der Waals surface area contributed by atoms with Crippen LogP contribution in [0.4, 0.5) is 0 Å². The Kier molecular flexibility index (Phi) is 3.18. The molecule has 0 aliphatic heterocycles. The Morgan fingerprint density at radius 3 is 2.43 bits per heavy atom. The van der Waals surface area contributed by atoms with Crippen molar-refractivity contribution in [1.29, 1.82) is 5.26 Å². The normalized spacial score (nSPS) is 22.9. The van der Waals surface area contributed by atoms with Crippen LogP contribution in [0.5, 0.6) is 0 Å². The van der Waals surface area contributed by atoms with Crippen molar-refractivity contribution in [2.45, 2.75) is 32.2 Å². The van der Waals surface area contributed by atoms with Crippen molar-refractivity contribution in [3.8, 4) is 6.07 Å². The quantitative estimate of drug-likeness (QED) is 0.717.